The van der Waals surface area contributed by atoms with Crippen LogP contribution < -0.4 is 4.90 Å². The van der Waals surface area contributed by atoms with Crippen molar-refractivity contribution >= 4 is 22.4 Å². The number of pyridine rings is 1. The Balaban J connectivity index is 2.12. The van der Waals surface area contributed by atoms with Gasteiger partial charge in [-0.25, -0.2) is 9.97 Å². The summed E-state index contributed by atoms with van der Waals surface area (Å²) in [5.74, 6) is 0. The third kappa shape index (κ3) is 2.53. The topological polar surface area (TPSA) is 57.7 Å². The van der Waals surface area contributed by atoms with Gasteiger partial charge in [0.1, 0.15) is 11.8 Å². The van der Waals surface area contributed by atoms with Gasteiger partial charge < -0.3 is 9.47 Å². The predicted molar refractivity (Wildman–Crippen MR) is 91.8 cm³/mol. The summed E-state index contributed by atoms with van der Waals surface area (Å²) in [6, 6.07) is 8.23. The first-order valence-corrected chi connectivity index (χ1v) is 7.59. The minimum absolute atomic E-state index is 0.456. The minimum atomic E-state index is 0.456. The molecule has 0 spiro atoms. The number of imidazole rings is 1. The van der Waals surface area contributed by atoms with E-state index in [9.17, 15) is 0 Å². The summed E-state index contributed by atoms with van der Waals surface area (Å²) >= 11 is 0. The van der Waals surface area contributed by atoms with Crippen LogP contribution in [0.3, 0.4) is 0 Å². The average Bonchev–Trinajstić information content (AvgIpc) is 2.95. The van der Waals surface area contributed by atoms with Crippen molar-refractivity contribution in [2.75, 3.05) is 11.9 Å². The number of aryl methyl sites for hydroxylation is 3. The van der Waals surface area contributed by atoms with Gasteiger partial charge in [0.25, 0.3) is 0 Å². The molecule has 0 aliphatic carbocycles. The Bertz CT molecular complexity index is 917. The van der Waals surface area contributed by atoms with Gasteiger partial charge >= 0.3 is 0 Å². The van der Waals surface area contributed by atoms with Crippen molar-refractivity contribution in [2.45, 2.75) is 20.3 Å². The lowest BCUT2D eigenvalue weighted by Crippen LogP contribution is -2.13. The molecule has 0 fully saturated rings. The fraction of sp³-hybridized carbons (Fsp3) is 0.278. The highest BCUT2D eigenvalue weighted by Gasteiger charge is 2.13. The number of hydrogen-bond donors (Lipinski definition) is 0. The van der Waals surface area contributed by atoms with E-state index in [0.29, 0.717) is 5.69 Å². The van der Waals surface area contributed by atoms with Crippen LogP contribution in [0.15, 0.2) is 30.7 Å². The molecular formula is C18H19N5. The van der Waals surface area contributed by atoms with Gasteiger partial charge in [0, 0.05) is 19.8 Å². The van der Waals surface area contributed by atoms with Gasteiger partial charge in [-0.15, -0.1) is 0 Å². The maximum Gasteiger partial charge on any atom is 0.140 e. The van der Waals surface area contributed by atoms with Crippen LogP contribution >= 0.6 is 0 Å². The number of fused-ring (bicyclic) bond motifs is 1. The van der Waals surface area contributed by atoms with Crippen LogP contribution in [0.2, 0.25) is 0 Å². The van der Waals surface area contributed by atoms with Gasteiger partial charge in [0.05, 0.1) is 29.2 Å². The molecule has 3 aromatic rings. The second-order valence-corrected chi connectivity index (χ2v) is 5.71. The summed E-state index contributed by atoms with van der Waals surface area (Å²) in [5.41, 5.74) is 6.95. The zero-order valence-corrected chi connectivity index (χ0v) is 13.8. The molecule has 0 bridgehead atoms. The molecular weight excluding hydrogens is 286 g/mol. The maximum atomic E-state index is 9.03. The van der Waals surface area contributed by atoms with E-state index in [0.717, 1.165) is 40.0 Å². The highest BCUT2D eigenvalue weighted by molar-refractivity contribution is 5.84. The van der Waals surface area contributed by atoms with Gasteiger partial charge in [-0.05, 0) is 42.7 Å². The largest absolute Gasteiger partial charge is 0.343 e. The van der Waals surface area contributed by atoms with E-state index in [1.54, 1.807) is 6.20 Å². The first kappa shape index (κ1) is 15.0. The van der Waals surface area contributed by atoms with Crippen molar-refractivity contribution in [3.05, 3.63) is 47.5 Å². The van der Waals surface area contributed by atoms with Gasteiger partial charge in [0.15, 0.2) is 0 Å². The van der Waals surface area contributed by atoms with E-state index in [1.807, 2.05) is 31.1 Å². The van der Waals surface area contributed by atoms with E-state index in [2.05, 4.69) is 46.9 Å². The Morgan fingerprint density at radius 3 is 2.74 bits per heavy atom. The lowest BCUT2D eigenvalue weighted by atomic mass is 10.1. The number of anilines is 2. The van der Waals surface area contributed by atoms with E-state index in [-0.39, 0.29) is 0 Å². The van der Waals surface area contributed by atoms with E-state index < -0.39 is 0 Å². The van der Waals surface area contributed by atoms with Crippen LogP contribution in [-0.2, 0) is 13.5 Å². The summed E-state index contributed by atoms with van der Waals surface area (Å²) in [6.45, 7) is 4.16. The summed E-state index contributed by atoms with van der Waals surface area (Å²) in [7, 11) is 4.03. The van der Waals surface area contributed by atoms with Gasteiger partial charge in [-0.3, -0.25) is 0 Å². The molecule has 5 heteroatoms. The van der Waals surface area contributed by atoms with Crippen LogP contribution in [0.5, 0.6) is 0 Å². The Hall–Kier alpha value is -2.87. The SMILES string of the molecule is CCc1cc(C#N)ncc1N(C)c1cc(C)c2ncn(C)c2c1. The zero-order valence-electron chi connectivity index (χ0n) is 13.8. The third-order valence-corrected chi connectivity index (χ3v) is 4.22. The van der Waals surface area contributed by atoms with Gasteiger partial charge in [0.2, 0.25) is 0 Å². The summed E-state index contributed by atoms with van der Waals surface area (Å²) < 4.78 is 2.03. The molecule has 116 valence electrons. The smallest absolute Gasteiger partial charge is 0.140 e. The van der Waals surface area contributed by atoms with Crippen LogP contribution in [0.1, 0.15) is 23.7 Å². The van der Waals surface area contributed by atoms with E-state index in [4.69, 9.17) is 5.26 Å². The Labute approximate surface area is 135 Å². The number of benzene rings is 1. The third-order valence-electron chi connectivity index (χ3n) is 4.22. The number of hydrogen-bond acceptors (Lipinski definition) is 4. The first-order valence-electron chi connectivity index (χ1n) is 7.59. The molecule has 0 aliphatic rings. The molecule has 0 amide bonds. The predicted octanol–water partition coefficient (Wildman–Crippen LogP) is 3.48. The molecule has 0 N–H and O–H groups in total. The van der Waals surface area contributed by atoms with E-state index >= 15 is 0 Å². The van der Waals surface area contributed by atoms with Crippen molar-refractivity contribution in [1.82, 2.24) is 14.5 Å². The number of nitrogens with zero attached hydrogens (tertiary/aromatic N) is 5. The average molecular weight is 305 g/mol. The minimum Gasteiger partial charge on any atom is -0.343 e. The Morgan fingerprint density at radius 1 is 1.26 bits per heavy atom. The molecule has 1 aromatic carbocycles. The van der Waals surface area contributed by atoms with Crippen molar-refractivity contribution in [2.24, 2.45) is 7.05 Å². The monoisotopic (exact) mass is 305 g/mol. The number of aromatic nitrogens is 3. The fourth-order valence-corrected chi connectivity index (χ4v) is 2.85. The summed E-state index contributed by atoms with van der Waals surface area (Å²) in [4.78, 5) is 10.8. The first-order chi connectivity index (χ1) is 11.0. The molecule has 23 heavy (non-hydrogen) atoms. The maximum absolute atomic E-state index is 9.03. The highest BCUT2D eigenvalue weighted by atomic mass is 15.1. The lowest BCUT2D eigenvalue weighted by molar-refractivity contribution is 0.947. The molecule has 3 rings (SSSR count). The van der Waals surface area contributed by atoms with Gasteiger partial charge in [-0.2, -0.15) is 5.26 Å². The van der Waals surface area contributed by atoms with Crippen LogP contribution in [0.4, 0.5) is 11.4 Å². The summed E-state index contributed by atoms with van der Waals surface area (Å²) in [6.07, 6.45) is 4.46. The molecule has 0 radical (unpaired) electrons. The Morgan fingerprint density at radius 2 is 2.04 bits per heavy atom. The van der Waals surface area contributed by atoms with Crippen LogP contribution in [0.25, 0.3) is 11.0 Å². The van der Waals surface area contributed by atoms with Crippen molar-refractivity contribution in [1.29, 1.82) is 5.26 Å². The van der Waals surface area contributed by atoms with Crippen molar-refractivity contribution in [3.8, 4) is 6.07 Å². The van der Waals surface area contributed by atoms with Crippen molar-refractivity contribution in [3.63, 3.8) is 0 Å². The number of nitriles is 1. The fourth-order valence-electron chi connectivity index (χ4n) is 2.85. The summed E-state index contributed by atoms with van der Waals surface area (Å²) in [5, 5.41) is 9.03. The Kier molecular flexibility index (Phi) is 3.75. The highest BCUT2D eigenvalue weighted by Crippen LogP contribution is 2.31. The molecule has 2 heterocycles. The van der Waals surface area contributed by atoms with Crippen LogP contribution in [-0.4, -0.2) is 21.6 Å². The molecule has 2 aromatic heterocycles. The van der Waals surface area contributed by atoms with Crippen LogP contribution in [0, 0.1) is 18.3 Å². The van der Waals surface area contributed by atoms with E-state index in [1.165, 1.54) is 0 Å². The zero-order chi connectivity index (χ0) is 16.6. The standard InChI is InChI=1S/C18H19N5/c1-5-13-7-14(9-19)20-10-17(13)23(4)15-6-12(2)18-16(8-15)22(3)11-21-18/h6-8,10-11H,5H2,1-4H3. The second kappa shape index (κ2) is 5.73. The molecule has 0 unspecified atom stereocenters. The molecule has 0 aliphatic heterocycles. The van der Waals surface area contributed by atoms with Gasteiger partial charge in [-0.1, -0.05) is 6.92 Å². The second-order valence-electron chi connectivity index (χ2n) is 5.71. The van der Waals surface area contributed by atoms with Crippen molar-refractivity contribution < 1.29 is 0 Å². The molecule has 5 nitrogen and oxygen atoms in total. The quantitative estimate of drug-likeness (QED) is 0.743. The molecule has 0 saturated carbocycles. The number of rotatable bonds is 3. The molecule has 0 atom stereocenters. The normalized spacial score (nSPS) is 10.7. The molecule has 0 saturated heterocycles. The lowest BCUT2D eigenvalue weighted by Gasteiger charge is -2.22.